The zero-order valence-electron chi connectivity index (χ0n) is 20.3. The Labute approximate surface area is 206 Å². The van der Waals surface area contributed by atoms with E-state index in [0.717, 1.165) is 55.1 Å². The second-order valence-electron chi connectivity index (χ2n) is 9.50. The number of hydrogen-bond acceptors (Lipinski definition) is 7. The van der Waals surface area contributed by atoms with E-state index < -0.39 is 0 Å². The first-order valence-electron chi connectivity index (χ1n) is 12.5. The van der Waals surface area contributed by atoms with Crippen LogP contribution in [0, 0.1) is 5.92 Å². The summed E-state index contributed by atoms with van der Waals surface area (Å²) in [5.74, 6) is 1.80. The van der Waals surface area contributed by atoms with Gasteiger partial charge in [0, 0.05) is 50.8 Å². The summed E-state index contributed by atoms with van der Waals surface area (Å²) in [7, 11) is 1.64. The van der Waals surface area contributed by atoms with Crippen molar-refractivity contribution < 1.29 is 19.1 Å². The summed E-state index contributed by atoms with van der Waals surface area (Å²) >= 11 is 0. The number of hydrogen-bond donors (Lipinski definition) is 0. The summed E-state index contributed by atoms with van der Waals surface area (Å²) in [6.45, 7) is 3.98. The van der Waals surface area contributed by atoms with Gasteiger partial charge in [0.05, 0.1) is 25.5 Å². The van der Waals surface area contributed by atoms with Crippen LogP contribution in [0.1, 0.15) is 25.7 Å². The van der Waals surface area contributed by atoms with E-state index >= 15 is 0 Å². The molecule has 0 bridgehead atoms. The Hall–Kier alpha value is -3.20. The molecule has 3 aliphatic rings. The smallest absolute Gasteiger partial charge is 0.242 e. The Morgan fingerprint density at radius 2 is 1.91 bits per heavy atom. The fourth-order valence-corrected chi connectivity index (χ4v) is 4.73. The number of benzene rings is 1. The molecule has 2 saturated heterocycles. The first-order valence-corrected chi connectivity index (χ1v) is 12.5. The summed E-state index contributed by atoms with van der Waals surface area (Å²) in [5.41, 5.74) is 1.74. The van der Waals surface area contributed by atoms with Crippen molar-refractivity contribution in [1.82, 2.24) is 20.0 Å². The van der Waals surface area contributed by atoms with Crippen LogP contribution in [0.15, 0.2) is 36.4 Å². The third-order valence-electron chi connectivity index (χ3n) is 6.98. The quantitative estimate of drug-likeness (QED) is 0.574. The van der Waals surface area contributed by atoms with E-state index in [0.29, 0.717) is 32.7 Å². The minimum Gasteiger partial charge on any atom is -0.497 e. The highest BCUT2D eigenvalue weighted by atomic mass is 16.5. The SMILES string of the molecule is COc1cccc(-c2ccc(N3CCN(C(=O)CN(C[C@@H]4CCCO4)C(=O)C4CC4)CC3)nn2)c1. The van der Waals surface area contributed by atoms with Crippen LogP contribution < -0.4 is 9.64 Å². The molecule has 1 aliphatic carbocycles. The van der Waals surface area contributed by atoms with E-state index in [-0.39, 0.29) is 30.4 Å². The van der Waals surface area contributed by atoms with Gasteiger partial charge in [0.25, 0.3) is 0 Å². The van der Waals surface area contributed by atoms with Gasteiger partial charge in [-0.25, -0.2) is 0 Å². The molecule has 3 fully saturated rings. The van der Waals surface area contributed by atoms with Gasteiger partial charge in [-0.1, -0.05) is 12.1 Å². The molecule has 1 aromatic carbocycles. The Morgan fingerprint density at radius 3 is 2.57 bits per heavy atom. The standard InChI is InChI=1S/C26H33N5O4/c1-34-21-5-2-4-20(16-21)23-9-10-24(28-27-23)29-11-13-30(14-12-29)25(32)18-31(26(33)19-7-8-19)17-22-6-3-15-35-22/h2,4-5,9-10,16,19,22H,3,6-8,11-15,17-18H2,1H3/t22-/m0/s1. The summed E-state index contributed by atoms with van der Waals surface area (Å²) in [4.78, 5) is 31.6. The lowest BCUT2D eigenvalue weighted by Gasteiger charge is -2.36. The van der Waals surface area contributed by atoms with Crippen LogP contribution in [-0.4, -0.2) is 90.9 Å². The van der Waals surface area contributed by atoms with E-state index in [9.17, 15) is 9.59 Å². The molecule has 1 aromatic heterocycles. The van der Waals surface area contributed by atoms with Crippen molar-refractivity contribution in [2.75, 3.05) is 57.9 Å². The number of amides is 2. The molecule has 3 heterocycles. The summed E-state index contributed by atoms with van der Waals surface area (Å²) < 4.78 is 11.0. The van der Waals surface area contributed by atoms with Crippen molar-refractivity contribution >= 4 is 17.6 Å². The maximum Gasteiger partial charge on any atom is 0.242 e. The van der Waals surface area contributed by atoms with E-state index in [1.165, 1.54) is 0 Å². The number of carbonyl (C=O) groups is 2. The number of methoxy groups -OCH3 is 1. The molecule has 0 spiro atoms. The number of anilines is 1. The van der Waals surface area contributed by atoms with Gasteiger partial charge in [0.1, 0.15) is 5.75 Å². The van der Waals surface area contributed by atoms with E-state index in [4.69, 9.17) is 9.47 Å². The molecule has 1 saturated carbocycles. The number of rotatable bonds is 8. The number of ether oxygens (including phenoxy) is 2. The summed E-state index contributed by atoms with van der Waals surface area (Å²) in [6, 6.07) is 11.7. The van der Waals surface area contributed by atoms with Crippen LogP contribution in [0.2, 0.25) is 0 Å². The van der Waals surface area contributed by atoms with Gasteiger partial charge in [0.15, 0.2) is 5.82 Å². The minimum absolute atomic E-state index is 0.0103. The molecule has 35 heavy (non-hydrogen) atoms. The molecule has 0 radical (unpaired) electrons. The summed E-state index contributed by atoms with van der Waals surface area (Å²) in [6.07, 6.45) is 3.91. The monoisotopic (exact) mass is 479 g/mol. The van der Waals surface area contributed by atoms with Gasteiger partial charge < -0.3 is 24.2 Å². The minimum atomic E-state index is 0.0103. The third kappa shape index (κ3) is 5.73. The lowest BCUT2D eigenvalue weighted by molar-refractivity contribution is -0.142. The molecule has 0 unspecified atom stereocenters. The predicted octanol–water partition coefficient (Wildman–Crippen LogP) is 2.22. The molecule has 2 amide bonds. The number of aromatic nitrogens is 2. The lowest BCUT2D eigenvalue weighted by Crippen LogP contribution is -2.53. The number of nitrogens with zero attached hydrogens (tertiary/aromatic N) is 5. The van der Waals surface area contributed by atoms with Gasteiger partial charge in [-0.05, 0) is 49.9 Å². The van der Waals surface area contributed by atoms with E-state index in [1.807, 2.05) is 41.3 Å². The largest absolute Gasteiger partial charge is 0.497 e. The molecule has 9 heteroatoms. The maximum atomic E-state index is 13.1. The Morgan fingerprint density at radius 1 is 1.09 bits per heavy atom. The van der Waals surface area contributed by atoms with Crippen molar-refractivity contribution in [3.8, 4) is 17.0 Å². The molecule has 9 nitrogen and oxygen atoms in total. The predicted molar refractivity (Wildman–Crippen MR) is 131 cm³/mol. The van der Waals surface area contributed by atoms with Crippen molar-refractivity contribution in [1.29, 1.82) is 0 Å². The zero-order valence-corrected chi connectivity index (χ0v) is 20.3. The van der Waals surface area contributed by atoms with Crippen LogP contribution in [0.5, 0.6) is 5.75 Å². The van der Waals surface area contributed by atoms with Crippen LogP contribution in [0.25, 0.3) is 11.3 Å². The molecule has 186 valence electrons. The molecular formula is C26H33N5O4. The van der Waals surface area contributed by atoms with Gasteiger partial charge in [-0.2, -0.15) is 0 Å². The lowest BCUT2D eigenvalue weighted by atomic mass is 10.1. The highest BCUT2D eigenvalue weighted by molar-refractivity contribution is 5.87. The molecule has 1 atom stereocenters. The highest BCUT2D eigenvalue weighted by Gasteiger charge is 2.36. The molecule has 2 aliphatic heterocycles. The second-order valence-corrected chi connectivity index (χ2v) is 9.50. The van der Waals surface area contributed by atoms with Crippen molar-refractivity contribution in [3.05, 3.63) is 36.4 Å². The Kier molecular flexibility index (Phi) is 7.13. The fourth-order valence-electron chi connectivity index (χ4n) is 4.73. The highest BCUT2D eigenvalue weighted by Crippen LogP contribution is 2.31. The van der Waals surface area contributed by atoms with Crippen LogP contribution in [0.4, 0.5) is 5.82 Å². The summed E-state index contributed by atoms with van der Waals surface area (Å²) in [5, 5.41) is 8.82. The first kappa shape index (κ1) is 23.5. The number of piperazine rings is 1. The molecular weight excluding hydrogens is 446 g/mol. The van der Waals surface area contributed by atoms with E-state index in [1.54, 1.807) is 12.0 Å². The second kappa shape index (κ2) is 10.6. The normalized spacial score (nSPS) is 20.1. The molecule has 0 N–H and O–H groups in total. The van der Waals surface area contributed by atoms with Gasteiger partial charge in [-0.3, -0.25) is 9.59 Å². The van der Waals surface area contributed by atoms with E-state index in [2.05, 4.69) is 15.1 Å². The Bertz CT molecular complexity index is 1030. The average molecular weight is 480 g/mol. The van der Waals surface area contributed by atoms with Crippen molar-refractivity contribution in [2.45, 2.75) is 31.8 Å². The van der Waals surface area contributed by atoms with Crippen LogP contribution in [-0.2, 0) is 14.3 Å². The zero-order chi connectivity index (χ0) is 24.2. The van der Waals surface area contributed by atoms with Gasteiger partial charge in [0.2, 0.25) is 11.8 Å². The van der Waals surface area contributed by atoms with Crippen molar-refractivity contribution in [3.63, 3.8) is 0 Å². The van der Waals surface area contributed by atoms with Gasteiger partial charge >= 0.3 is 0 Å². The molecule has 5 rings (SSSR count). The van der Waals surface area contributed by atoms with Crippen LogP contribution in [0.3, 0.4) is 0 Å². The van der Waals surface area contributed by atoms with Gasteiger partial charge in [-0.15, -0.1) is 10.2 Å². The maximum absolute atomic E-state index is 13.1. The first-order chi connectivity index (χ1) is 17.1. The third-order valence-corrected chi connectivity index (χ3v) is 6.98. The average Bonchev–Trinajstić information content (AvgIpc) is 3.64. The molecule has 2 aromatic rings. The number of carbonyl (C=O) groups excluding carboxylic acids is 2. The van der Waals surface area contributed by atoms with Crippen molar-refractivity contribution in [2.24, 2.45) is 5.92 Å². The fraction of sp³-hybridized carbons (Fsp3) is 0.538. The van der Waals surface area contributed by atoms with Crippen LogP contribution >= 0.6 is 0 Å². The Balaban J connectivity index is 1.15. The topological polar surface area (TPSA) is 88.1 Å².